The highest BCUT2D eigenvalue weighted by Gasteiger charge is 2.23. The van der Waals surface area contributed by atoms with E-state index in [2.05, 4.69) is 31.3 Å². The van der Waals surface area contributed by atoms with Crippen LogP contribution in [0.1, 0.15) is 258 Å². The predicted octanol–water partition coefficient (Wildman–Crippen LogP) is 14.6. The van der Waals surface area contributed by atoms with Crippen LogP contribution in [-0.2, 0) is 27.9 Å². The molecule has 0 saturated carbocycles. The molecule has 0 aliphatic carbocycles. The van der Waals surface area contributed by atoms with E-state index in [9.17, 15) is 24.2 Å². The molecule has 0 bridgehead atoms. The lowest BCUT2D eigenvalue weighted by Crippen LogP contribution is -2.27. The highest BCUT2D eigenvalue weighted by atomic mass is 31.2. The van der Waals surface area contributed by atoms with Crippen molar-refractivity contribution in [2.24, 2.45) is 0 Å². The lowest BCUT2D eigenvalue weighted by Gasteiger charge is -2.15. The van der Waals surface area contributed by atoms with Gasteiger partial charge in [-0.2, -0.15) is 0 Å². The Morgan fingerprint density at radius 3 is 1.27 bits per heavy atom. The molecule has 0 heterocycles. The smallest absolute Gasteiger partial charge is 0.463 e. The normalized spacial score (nSPS) is 13.2. The Morgan fingerprint density at radius 1 is 0.508 bits per heavy atom. The van der Waals surface area contributed by atoms with Crippen molar-refractivity contribution in [1.29, 1.82) is 0 Å². The predicted molar refractivity (Wildman–Crippen MR) is 248 cm³/mol. The van der Waals surface area contributed by atoms with Crippen molar-refractivity contribution in [1.82, 2.24) is 5.32 Å². The summed E-state index contributed by atoms with van der Waals surface area (Å²) in [5.41, 5.74) is 0. The summed E-state index contributed by atoms with van der Waals surface area (Å²) in [5, 5.41) is 12.7. The highest BCUT2D eigenvalue weighted by Crippen LogP contribution is 2.42. The second-order valence-corrected chi connectivity index (χ2v) is 18.6. The molecule has 0 aromatic carbocycles. The number of phosphoric ester groups is 1. The first-order chi connectivity index (χ1) is 28.8. The topological polar surface area (TPSA) is 131 Å². The molecular formula is C49H96NO8P. The number of carbonyl (C=O) groups excluding carboxylic acids is 2. The molecule has 350 valence electrons. The molecule has 0 spiro atoms. The second kappa shape index (κ2) is 46.3. The van der Waals surface area contributed by atoms with Crippen LogP contribution in [0, 0.1) is 0 Å². The number of amides is 1. The summed E-state index contributed by atoms with van der Waals surface area (Å²) in [6.45, 7) is 3.59. The summed E-state index contributed by atoms with van der Waals surface area (Å²) in [6, 6.07) is 0. The third-order valence-corrected chi connectivity index (χ3v) is 12.2. The first-order valence-corrected chi connectivity index (χ1v) is 26.7. The highest BCUT2D eigenvalue weighted by molar-refractivity contribution is 7.47. The van der Waals surface area contributed by atoms with E-state index in [1.54, 1.807) is 0 Å². The zero-order chi connectivity index (χ0) is 43.2. The van der Waals surface area contributed by atoms with Gasteiger partial charge in [0.05, 0.1) is 13.2 Å². The minimum Gasteiger partial charge on any atom is -0.463 e. The van der Waals surface area contributed by atoms with Crippen molar-refractivity contribution in [3.05, 3.63) is 12.2 Å². The van der Waals surface area contributed by atoms with Crippen molar-refractivity contribution in [3.8, 4) is 0 Å². The van der Waals surface area contributed by atoms with Crippen molar-refractivity contribution >= 4 is 19.7 Å². The number of hydrogen-bond donors (Lipinski definition) is 3. The fourth-order valence-electron chi connectivity index (χ4n) is 7.38. The quantitative estimate of drug-likeness (QED) is 0.0239. The fourth-order valence-corrected chi connectivity index (χ4v) is 8.13. The number of unbranched alkanes of at least 4 members (excludes halogenated alkanes) is 33. The van der Waals surface area contributed by atoms with Crippen LogP contribution < -0.4 is 5.32 Å². The molecular weight excluding hydrogens is 762 g/mol. The molecule has 0 saturated heterocycles. The molecule has 0 fully saturated rings. The molecule has 0 aliphatic rings. The number of allylic oxidation sites excluding steroid dienone is 2. The summed E-state index contributed by atoms with van der Waals surface area (Å²) in [5.74, 6) is -0.512. The van der Waals surface area contributed by atoms with E-state index < -0.39 is 26.5 Å². The van der Waals surface area contributed by atoms with Crippen LogP contribution in [0.15, 0.2) is 12.2 Å². The van der Waals surface area contributed by atoms with Gasteiger partial charge in [-0.1, -0.05) is 219 Å². The number of esters is 1. The van der Waals surface area contributed by atoms with Crippen molar-refractivity contribution in [3.63, 3.8) is 0 Å². The minimum atomic E-state index is -4.42. The van der Waals surface area contributed by atoms with E-state index in [1.165, 1.54) is 173 Å². The van der Waals surface area contributed by atoms with E-state index in [-0.39, 0.29) is 32.1 Å². The summed E-state index contributed by atoms with van der Waals surface area (Å²) in [6.07, 6.45) is 50.1. The third-order valence-electron chi connectivity index (χ3n) is 11.2. The summed E-state index contributed by atoms with van der Waals surface area (Å²) in [4.78, 5) is 34.0. The summed E-state index contributed by atoms with van der Waals surface area (Å²) < 4.78 is 26.9. The van der Waals surface area contributed by atoms with Gasteiger partial charge in [-0.25, -0.2) is 4.57 Å². The first-order valence-electron chi connectivity index (χ1n) is 25.2. The number of aliphatic hydroxyl groups is 1. The minimum absolute atomic E-state index is 0.0859. The lowest BCUT2D eigenvalue weighted by atomic mass is 10.0. The molecule has 0 aromatic heterocycles. The van der Waals surface area contributed by atoms with Crippen molar-refractivity contribution in [2.75, 3.05) is 26.4 Å². The SMILES string of the molecule is CCCCCCCC/C=C\CCCCCCCC(=O)OCC(O)COP(=O)(O)OCCNC(=O)CCCCCCCCCCCCCCCCCCCCCCCCC. The molecule has 1 amide bonds. The number of nitrogens with one attached hydrogen (secondary N) is 1. The number of aliphatic hydroxyl groups excluding tert-OH is 1. The number of rotatable bonds is 48. The molecule has 9 nitrogen and oxygen atoms in total. The molecule has 3 N–H and O–H groups in total. The van der Waals surface area contributed by atoms with Crippen molar-refractivity contribution in [2.45, 2.75) is 264 Å². The van der Waals surface area contributed by atoms with Gasteiger partial charge in [-0.3, -0.25) is 18.6 Å². The molecule has 0 aromatic rings. The van der Waals surface area contributed by atoms with Gasteiger partial charge in [0.1, 0.15) is 12.7 Å². The molecule has 0 radical (unpaired) electrons. The van der Waals surface area contributed by atoms with Crippen LogP contribution in [-0.4, -0.2) is 54.3 Å². The van der Waals surface area contributed by atoms with E-state index >= 15 is 0 Å². The number of carbonyl (C=O) groups is 2. The third kappa shape index (κ3) is 47.6. The maximum atomic E-state index is 12.1. The van der Waals surface area contributed by atoms with Gasteiger partial charge < -0.3 is 20.1 Å². The van der Waals surface area contributed by atoms with Crippen LogP contribution in [0.25, 0.3) is 0 Å². The zero-order valence-corrected chi connectivity index (χ0v) is 39.6. The zero-order valence-electron chi connectivity index (χ0n) is 38.7. The Balaban J connectivity index is 3.51. The van der Waals surface area contributed by atoms with E-state index in [0.717, 1.165) is 57.8 Å². The Morgan fingerprint density at radius 2 is 0.864 bits per heavy atom. The van der Waals surface area contributed by atoms with Crippen LogP contribution >= 0.6 is 7.82 Å². The van der Waals surface area contributed by atoms with Crippen LogP contribution in [0.3, 0.4) is 0 Å². The average Bonchev–Trinajstić information content (AvgIpc) is 3.22. The number of ether oxygens (including phenoxy) is 1. The molecule has 2 unspecified atom stereocenters. The van der Waals surface area contributed by atoms with Crippen LogP contribution in [0.4, 0.5) is 0 Å². The van der Waals surface area contributed by atoms with E-state index in [4.69, 9.17) is 13.8 Å². The number of phosphoric acid groups is 1. The van der Waals surface area contributed by atoms with Gasteiger partial charge in [0.25, 0.3) is 0 Å². The van der Waals surface area contributed by atoms with E-state index in [1.807, 2.05) is 0 Å². The number of hydrogen-bond acceptors (Lipinski definition) is 7. The van der Waals surface area contributed by atoms with Crippen LogP contribution in [0.5, 0.6) is 0 Å². The Labute approximate surface area is 364 Å². The standard InChI is InChI=1S/C49H96NO8P/c1-3-5-7-9-11-13-15-17-19-20-21-22-23-24-25-26-28-29-31-33-35-37-39-41-48(52)50-43-44-57-59(54,55)58-46-47(51)45-56-49(53)42-40-38-36-34-32-30-27-18-16-14-12-10-8-6-4-2/h18,27,47,51H,3-17,19-26,28-46H2,1-2H3,(H,50,52)(H,54,55)/b27-18-. The maximum Gasteiger partial charge on any atom is 0.472 e. The van der Waals surface area contributed by atoms with Gasteiger partial charge in [0.2, 0.25) is 5.91 Å². The average molecular weight is 858 g/mol. The van der Waals surface area contributed by atoms with Crippen LogP contribution in [0.2, 0.25) is 0 Å². The fraction of sp³-hybridized carbons (Fsp3) is 0.918. The van der Waals surface area contributed by atoms with Gasteiger partial charge >= 0.3 is 13.8 Å². The second-order valence-electron chi connectivity index (χ2n) is 17.1. The van der Waals surface area contributed by atoms with Gasteiger partial charge in [-0.15, -0.1) is 0 Å². The lowest BCUT2D eigenvalue weighted by molar-refractivity contribution is -0.147. The molecule has 59 heavy (non-hydrogen) atoms. The first kappa shape index (κ1) is 57.8. The van der Waals surface area contributed by atoms with Crippen molar-refractivity contribution < 1.29 is 37.9 Å². The Bertz CT molecular complexity index is 980. The van der Waals surface area contributed by atoms with Gasteiger partial charge in [-0.05, 0) is 38.5 Å². The summed E-state index contributed by atoms with van der Waals surface area (Å²) in [7, 11) is -4.42. The molecule has 2 atom stereocenters. The van der Waals surface area contributed by atoms with Gasteiger partial charge in [0.15, 0.2) is 0 Å². The van der Waals surface area contributed by atoms with Gasteiger partial charge in [0, 0.05) is 19.4 Å². The Kier molecular flexibility index (Phi) is 45.3. The monoisotopic (exact) mass is 858 g/mol. The van der Waals surface area contributed by atoms with E-state index in [0.29, 0.717) is 6.42 Å². The Hall–Kier alpha value is -1.25. The molecule has 0 rings (SSSR count). The summed E-state index contributed by atoms with van der Waals surface area (Å²) >= 11 is 0. The molecule has 0 aliphatic heterocycles. The molecule has 10 heteroatoms. The maximum absolute atomic E-state index is 12.1. The largest absolute Gasteiger partial charge is 0.472 e.